The van der Waals surface area contributed by atoms with Gasteiger partial charge in [-0.15, -0.1) is 0 Å². The Morgan fingerprint density at radius 3 is 3.20 bits per heavy atom. The number of aromatic nitrogens is 1. The molecule has 1 atom stereocenters. The molecule has 15 heavy (non-hydrogen) atoms. The standard InChI is InChI=1S/C10H14N2O3/c1-7-9(15-6-11-7)10(14)12-4-2-3-8(12)5-13/h6,8,13H,2-5H2,1H3/t8-/m0/s1. The molecule has 0 aromatic carbocycles. The quantitative estimate of drug-likeness (QED) is 0.775. The van der Waals surface area contributed by atoms with Gasteiger partial charge in [-0.1, -0.05) is 0 Å². The van der Waals surface area contributed by atoms with Crippen molar-refractivity contribution < 1.29 is 14.3 Å². The molecule has 0 saturated carbocycles. The van der Waals surface area contributed by atoms with Crippen molar-refractivity contribution in [2.45, 2.75) is 25.8 Å². The van der Waals surface area contributed by atoms with Crippen molar-refractivity contribution in [3.05, 3.63) is 17.8 Å². The fraction of sp³-hybridized carbons (Fsp3) is 0.600. The molecule has 2 rings (SSSR count). The molecule has 0 unspecified atom stereocenters. The molecular formula is C10H14N2O3. The number of nitrogens with zero attached hydrogens (tertiary/aromatic N) is 2. The fourth-order valence-electron chi connectivity index (χ4n) is 1.93. The molecular weight excluding hydrogens is 196 g/mol. The average molecular weight is 210 g/mol. The molecule has 1 N–H and O–H groups in total. The number of aryl methyl sites for hydroxylation is 1. The third-order valence-corrected chi connectivity index (χ3v) is 2.79. The van der Waals surface area contributed by atoms with Gasteiger partial charge in [-0.3, -0.25) is 4.79 Å². The third kappa shape index (κ3) is 1.74. The van der Waals surface area contributed by atoms with Crippen LogP contribution in [0.15, 0.2) is 10.8 Å². The number of carbonyl (C=O) groups excluding carboxylic acids is 1. The van der Waals surface area contributed by atoms with Gasteiger partial charge in [0, 0.05) is 6.54 Å². The van der Waals surface area contributed by atoms with Crippen molar-refractivity contribution in [1.29, 1.82) is 0 Å². The molecule has 0 radical (unpaired) electrons. The maximum absolute atomic E-state index is 12.0. The highest BCUT2D eigenvalue weighted by atomic mass is 16.3. The number of rotatable bonds is 2. The summed E-state index contributed by atoms with van der Waals surface area (Å²) in [5, 5.41) is 9.11. The second-order valence-electron chi connectivity index (χ2n) is 3.74. The van der Waals surface area contributed by atoms with Crippen LogP contribution < -0.4 is 0 Å². The van der Waals surface area contributed by atoms with Gasteiger partial charge in [0.25, 0.3) is 5.91 Å². The third-order valence-electron chi connectivity index (χ3n) is 2.79. The van der Waals surface area contributed by atoms with Gasteiger partial charge in [0.15, 0.2) is 6.39 Å². The number of amides is 1. The number of carbonyl (C=O) groups is 1. The Bertz CT molecular complexity index is 361. The first kappa shape index (κ1) is 10.2. The Labute approximate surface area is 87.7 Å². The molecule has 1 amide bonds. The molecule has 82 valence electrons. The van der Waals surface area contributed by atoms with Gasteiger partial charge >= 0.3 is 0 Å². The lowest BCUT2D eigenvalue weighted by Gasteiger charge is -2.21. The number of aliphatic hydroxyl groups excluding tert-OH is 1. The van der Waals surface area contributed by atoms with Crippen molar-refractivity contribution in [2.75, 3.05) is 13.2 Å². The van der Waals surface area contributed by atoms with Gasteiger partial charge in [-0.25, -0.2) is 4.98 Å². The Morgan fingerprint density at radius 1 is 1.80 bits per heavy atom. The molecule has 1 aromatic rings. The van der Waals surface area contributed by atoms with E-state index in [0.717, 1.165) is 12.8 Å². The predicted molar refractivity (Wildman–Crippen MR) is 52.4 cm³/mol. The first-order chi connectivity index (χ1) is 7.24. The van der Waals surface area contributed by atoms with Crippen LogP contribution in [0.4, 0.5) is 0 Å². The van der Waals surface area contributed by atoms with Gasteiger partial charge < -0.3 is 14.4 Å². The van der Waals surface area contributed by atoms with E-state index in [-0.39, 0.29) is 24.3 Å². The molecule has 2 heterocycles. The van der Waals surface area contributed by atoms with Crippen molar-refractivity contribution in [2.24, 2.45) is 0 Å². The maximum atomic E-state index is 12.0. The monoisotopic (exact) mass is 210 g/mol. The normalized spacial score (nSPS) is 20.9. The summed E-state index contributed by atoms with van der Waals surface area (Å²) in [5.74, 6) is 0.122. The topological polar surface area (TPSA) is 66.6 Å². The summed E-state index contributed by atoms with van der Waals surface area (Å²) < 4.78 is 5.05. The number of aliphatic hydroxyl groups is 1. The summed E-state index contributed by atoms with van der Waals surface area (Å²) in [5.41, 5.74) is 0.601. The second-order valence-corrected chi connectivity index (χ2v) is 3.74. The van der Waals surface area contributed by atoms with Crippen LogP contribution in [-0.4, -0.2) is 40.1 Å². The largest absolute Gasteiger partial charge is 0.438 e. The van der Waals surface area contributed by atoms with E-state index in [2.05, 4.69) is 4.98 Å². The zero-order valence-corrected chi connectivity index (χ0v) is 8.64. The lowest BCUT2D eigenvalue weighted by molar-refractivity contribution is 0.0645. The molecule has 5 nitrogen and oxygen atoms in total. The molecule has 1 aromatic heterocycles. The predicted octanol–water partition coefficient (Wildman–Crippen LogP) is 0.580. The van der Waals surface area contributed by atoms with E-state index in [0.29, 0.717) is 12.2 Å². The van der Waals surface area contributed by atoms with Crippen LogP contribution in [0.2, 0.25) is 0 Å². The van der Waals surface area contributed by atoms with E-state index in [1.807, 2.05) is 0 Å². The van der Waals surface area contributed by atoms with Gasteiger partial charge in [-0.05, 0) is 19.8 Å². The van der Waals surface area contributed by atoms with Crippen LogP contribution in [0.25, 0.3) is 0 Å². The van der Waals surface area contributed by atoms with Gasteiger partial charge in [0.2, 0.25) is 5.76 Å². The van der Waals surface area contributed by atoms with Crippen LogP contribution in [0.5, 0.6) is 0 Å². The Hall–Kier alpha value is -1.36. The molecule has 0 aliphatic carbocycles. The lowest BCUT2D eigenvalue weighted by atomic mass is 10.2. The van der Waals surface area contributed by atoms with Crippen molar-refractivity contribution in [3.8, 4) is 0 Å². The van der Waals surface area contributed by atoms with E-state index in [1.54, 1.807) is 11.8 Å². The molecule has 0 spiro atoms. The summed E-state index contributed by atoms with van der Waals surface area (Å²) in [6, 6.07) is -0.0676. The summed E-state index contributed by atoms with van der Waals surface area (Å²) in [4.78, 5) is 17.5. The molecule has 1 saturated heterocycles. The molecule has 1 aliphatic rings. The van der Waals surface area contributed by atoms with Crippen LogP contribution in [0, 0.1) is 6.92 Å². The molecule has 0 bridgehead atoms. The van der Waals surface area contributed by atoms with Gasteiger partial charge in [0.1, 0.15) is 0 Å². The Kier molecular flexibility index (Phi) is 2.73. The first-order valence-electron chi connectivity index (χ1n) is 5.06. The zero-order chi connectivity index (χ0) is 10.8. The highest BCUT2D eigenvalue weighted by Gasteiger charge is 2.31. The number of likely N-dealkylation sites (tertiary alicyclic amines) is 1. The summed E-state index contributed by atoms with van der Waals surface area (Å²) in [7, 11) is 0. The second kappa shape index (κ2) is 4.02. The zero-order valence-electron chi connectivity index (χ0n) is 8.64. The number of oxazole rings is 1. The van der Waals surface area contributed by atoms with Gasteiger partial charge in [-0.2, -0.15) is 0 Å². The van der Waals surface area contributed by atoms with Crippen LogP contribution in [-0.2, 0) is 0 Å². The summed E-state index contributed by atoms with van der Waals surface area (Å²) >= 11 is 0. The number of hydrogen-bond donors (Lipinski definition) is 1. The van der Waals surface area contributed by atoms with E-state index < -0.39 is 0 Å². The highest BCUT2D eigenvalue weighted by Crippen LogP contribution is 2.20. The molecule has 1 fully saturated rings. The smallest absolute Gasteiger partial charge is 0.291 e. The van der Waals surface area contributed by atoms with Crippen molar-refractivity contribution in [1.82, 2.24) is 9.88 Å². The first-order valence-corrected chi connectivity index (χ1v) is 5.06. The Balaban J connectivity index is 2.18. The molecule has 1 aliphatic heterocycles. The summed E-state index contributed by atoms with van der Waals surface area (Å²) in [6.45, 7) is 2.43. The minimum atomic E-state index is -0.165. The van der Waals surface area contributed by atoms with Crippen LogP contribution >= 0.6 is 0 Å². The van der Waals surface area contributed by atoms with E-state index in [1.165, 1.54) is 6.39 Å². The number of hydrogen-bond acceptors (Lipinski definition) is 4. The van der Waals surface area contributed by atoms with E-state index in [9.17, 15) is 4.79 Å². The van der Waals surface area contributed by atoms with Crippen LogP contribution in [0.3, 0.4) is 0 Å². The summed E-state index contributed by atoms with van der Waals surface area (Å²) in [6.07, 6.45) is 3.06. The van der Waals surface area contributed by atoms with Crippen molar-refractivity contribution in [3.63, 3.8) is 0 Å². The highest BCUT2D eigenvalue weighted by molar-refractivity contribution is 5.92. The minimum Gasteiger partial charge on any atom is -0.438 e. The van der Waals surface area contributed by atoms with E-state index >= 15 is 0 Å². The fourth-order valence-corrected chi connectivity index (χ4v) is 1.93. The average Bonchev–Trinajstić information content (AvgIpc) is 2.84. The minimum absolute atomic E-state index is 0.0128. The SMILES string of the molecule is Cc1ncoc1C(=O)N1CCC[C@H]1CO. The van der Waals surface area contributed by atoms with E-state index in [4.69, 9.17) is 9.52 Å². The van der Waals surface area contributed by atoms with Gasteiger partial charge in [0.05, 0.1) is 18.3 Å². The van der Waals surface area contributed by atoms with Crippen LogP contribution in [0.1, 0.15) is 29.1 Å². The molecule has 5 heteroatoms. The maximum Gasteiger partial charge on any atom is 0.291 e. The van der Waals surface area contributed by atoms with Crippen molar-refractivity contribution >= 4 is 5.91 Å². The lowest BCUT2D eigenvalue weighted by Crippen LogP contribution is -2.37. The Morgan fingerprint density at radius 2 is 2.60 bits per heavy atom.